The quantitative estimate of drug-likeness (QED) is 0.615. The summed E-state index contributed by atoms with van der Waals surface area (Å²) < 4.78 is 16.9. The van der Waals surface area contributed by atoms with Crippen molar-refractivity contribution >= 4 is 0 Å². The van der Waals surface area contributed by atoms with Crippen LogP contribution in [-0.4, -0.2) is 33.0 Å². The van der Waals surface area contributed by atoms with Crippen molar-refractivity contribution in [1.82, 2.24) is 5.32 Å². The molecule has 1 fully saturated rings. The van der Waals surface area contributed by atoms with Crippen LogP contribution in [0.2, 0.25) is 0 Å². The zero-order valence-electron chi connectivity index (χ0n) is 7.52. The van der Waals surface area contributed by atoms with Gasteiger partial charge in [0.2, 0.25) is 0 Å². The molecule has 1 rings (SSSR count). The minimum absolute atomic E-state index is 0.209. The molecule has 1 saturated heterocycles. The fourth-order valence-electron chi connectivity index (χ4n) is 1.43. The lowest BCUT2D eigenvalue weighted by Crippen LogP contribution is -2.19. The molecular weight excluding hydrogens is 157 g/mol. The van der Waals surface area contributed by atoms with Crippen molar-refractivity contribution in [2.45, 2.75) is 19.3 Å². The molecule has 0 bridgehead atoms. The minimum Gasteiger partial charge on any atom is -0.381 e. The summed E-state index contributed by atoms with van der Waals surface area (Å²) in [6, 6.07) is 0. The summed E-state index contributed by atoms with van der Waals surface area (Å²) in [6.45, 7) is 3.46. The molecule has 0 aromatic heterocycles. The van der Waals surface area contributed by atoms with E-state index in [0.29, 0.717) is 6.42 Å². The molecule has 1 aliphatic rings. The number of alkyl halides is 1. The van der Waals surface area contributed by atoms with Gasteiger partial charge in [0.05, 0.1) is 6.67 Å². The van der Waals surface area contributed by atoms with Crippen LogP contribution in [0.4, 0.5) is 4.39 Å². The van der Waals surface area contributed by atoms with Crippen LogP contribution in [0.3, 0.4) is 0 Å². The topological polar surface area (TPSA) is 21.3 Å². The largest absolute Gasteiger partial charge is 0.381 e. The third-order valence-electron chi connectivity index (χ3n) is 2.24. The molecule has 0 aromatic rings. The summed E-state index contributed by atoms with van der Waals surface area (Å²) in [5.41, 5.74) is 0. The summed E-state index contributed by atoms with van der Waals surface area (Å²) in [5.74, 6) is 0.739. The van der Waals surface area contributed by atoms with Gasteiger partial charge in [0.15, 0.2) is 0 Å². The third-order valence-corrected chi connectivity index (χ3v) is 2.24. The highest BCUT2D eigenvalue weighted by Crippen LogP contribution is 2.14. The van der Waals surface area contributed by atoms with Crippen LogP contribution in [0.1, 0.15) is 19.3 Å². The van der Waals surface area contributed by atoms with Crippen LogP contribution < -0.4 is 5.32 Å². The molecule has 3 heteroatoms. The number of nitrogens with one attached hydrogen (secondary N) is 1. The average Bonchev–Trinajstić information content (AvgIpc) is 2.57. The van der Waals surface area contributed by atoms with E-state index in [4.69, 9.17) is 4.74 Å². The maximum atomic E-state index is 11.7. The molecule has 0 saturated carbocycles. The number of rotatable bonds is 6. The van der Waals surface area contributed by atoms with Crippen molar-refractivity contribution < 1.29 is 9.13 Å². The molecule has 72 valence electrons. The highest BCUT2D eigenvalue weighted by molar-refractivity contribution is 4.65. The molecule has 0 amide bonds. The standard InChI is InChI=1S/C9H18FNO/c10-4-1-5-11-6-2-9-3-7-12-8-9/h9,11H,1-8H2. The van der Waals surface area contributed by atoms with Crippen LogP contribution in [0.5, 0.6) is 0 Å². The average molecular weight is 175 g/mol. The van der Waals surface area contributed by atoms with Crippen LogP contribution in [0, 0.1) is 5.92 Å². The summed E-state index contributed by atoms with van der Waals surface area (Å²) in [4.78, 5) is 0. The Morgan fingerprint density at radius 1 is 1.42 bits per heavy atom. The van der Waals surface area contributed by atoms with Crippen molar-refractivity contribution in [1.29, 1.82) is 0 Å². The van der Waals surface area contributed by atoms with Crippen LogP contribution >= 0.6 is 0 Å². The normalized spacial score (nSPS) is 23.2. The van der Waals surface area contributed by atoms with Gasteiger partial charge in [-0.15, -0.1) is 0 Å². The first-order valence-corrected chi connectivity index (χ1v) is 4.78. The Labute approximate surface area is 73.5 Å². The zero-order valence-corrected chi connectivity index (χ0v) is 7.52. The van der Waals surface area contributed by atoms with E-state index >= 15 is 0 Å². The fourth-order valence-corrected chi connectivity index (χ4v) is 1.43. The Bertz CT molecular complexity index is 105. The molecule has 0 radical (unpaired) electrons. The summed E-state index contributed by atoms with van der Waals surface area (Å²) in [5, 5.41) is 3.22. The molecule has 1 heterocycles. The predicted octanol–water partition coefficient (Wildman–Crippen LogP) is 1.36. The highest BCUT2D eigenvalue weighted by atomic mass is 19.1. The Hall–Kier alpha value is -0.150. The number of halogens is 1. The summed E-state index contributed by atoms with van der Waals surface area (Å²) >= 11 is 0. The summed E-state index contributed by atoms with van der Waals surface area (Å²) in [7, 11) is 0. The molecule has 1 unspecified atom stereocenters. The molecule has 0 spiro atoms. The first-order chi connectivity index (χ1) is 5.93. The molecule has 1 atom stereocenters. The van der Waals surface area contributed by atoms with Crippen LogP contribution in [-0.2, 0) is 4.74 Å². The van der Waals surface area contributed by atoms with Gasteiger partial charge < -0.3 is 10.1 Å². The van der Waals surface area contributed by atoms with Crippen LogP contribution in [0.25, 0.3) is 0 Å². The lowest BCUT2D eigenvalue weighted by atomic mass is 10.1. The van der Waals surface area contributed by atoms with Crippen molar-refractivity contribution in [3.63, 3.8) is 0 Å². The SMILES string of the molecule is FCCCNCCC1CCOC1. The van der Waals surface area contributed by atoms with Gasteiger partial charge in [-0.1, -0.05) is 0 Å². The predicted molar refractivity (Wildman–Crippen MR) is 47.0 cm³/mol. The van der Waals surface area contributed by atoms with Crippen molar-refractivity contribution in [3.8, 4) is 0 Å². The van der Waals surface area contributed by atoms with Crippen LogP contribution in [0.15, 0.2) is 0 Å². The van der Waals surface area contributed by atoms with Gasteiger partial charge in [0.1, 0.15) is 0 Å². The van der Waals surface area contributed by atoms with Crippen molar-refractivity contribution in [2.75, 3.05) is 33.0 Å². The monoisotopic (exact) mass is 175 g/mol. The second kappa shape index (κ2) is 6.38. The van der Waals surface area contributed by atoms with Gasteiger partial charge in [-0.2, -0.15) is 0 Å². The van der Waals surface area contributed by atoms with Gasteiger partial charge in [-0.3, -0.25) is 4.39 Å². The second-order valence-corrected chi connectivity index (χ2v) is 3.31. The molecule has 2 nitrogen and oxygen atoms in total. The Kier molecular flexibility index (Phi) is 5.28. The van der Waals surface area contributed by atoms with E-state index in [9.17, 15) is 4.39 Å². The van der Waals surface area contributed by atoms with E-state index in [1.54, 1.807) is 0 Å². The van der Waals surface area contributed by atoms with E-state index in [2.05, 4.69) is 5.32 Å². The number of ether oxygens (including phenoxy) is 1. The summed E-state index contributed by atoms with van der Waals surface area (Å²) in [6.07, 6.45) is 3.01. The lowest BCUT2D eigenvalue weighted by Gasteiger charge is -2.07. The molecule has 12 heavy (non-hydrogen) atoms. The van der Waals surface area contributed by atoms with E-state index in [1.165, 1.54) is 12.8 Å². The maximum Gasteiger partial charge on any atom is 0.0906 e. The smallest absolute Gasteiger partial charge is 0.0906 e. The minimum atomic E-state index is -0.209. The first-order valence-electron chi connectivity index (χ1n) is 4.78. The second-order valence-electron chi connectivity index (χ2n) is 3.31. The van der Waals surface area contributed by atoms with Gasteiger partial charge in [-0.25, -0.2) is 0 Å². The van der Waals surface area contributed by atoms with Gasteiger partial charge >= 0.3 is 0 Å². The fraction of sp³-hybridized carbons (Fsp3) is 1.00. The van der Waals surface area contributed by atoms with Gasteiger partial charge in [0.25, 0.3) is 0 Å². The molecule has 1 aliphatic heterocycles. The first kappa shape index (κ1) is 9.93. The molecule has 1 N–H and O–H groups in total. The Morgan fingerprint density at radius 2 is 2.33 bits per heavy atom. The zero-order chi connectivity index (χ0) is 8.65. The molecular formula is C9H18FNO. The number of hydrogen-bond acceptors (Lipinski definition) is 2. The number of hydrogen-bond donors (Lipinski definition) is 1. The van der Waals surface area contributed by atoms with Crippen molar-refractivity contribution in [3.05, 3.63) is 0 Å². The lowest BCUT2D eigenvalue weighted by molar-refractivity contribution is 0.184. The highest BCUT2D eigenvalue weighted by Gasteiger charge is 2.14. The molecule has 0 aliphatic carbocycles. The van der Waals surface area contributed by atoms with E-state index in [-0.39, 0.29) is 6.67 Å². The Morgan fingerprint density at radius 3 is 3.00 bits per heavy atom. The maximum absolute atomic E-state index is 11.7. The Balaban J connectivity index is 1.81. The third kappa shape index (κ3) is 4.02. The van der Waals surface area contributed by atoms with E-state index in [0.717, 1.165) is 32.2 Å². The molecule has 0 aromatic carbocycles. The van der Waals surface area contributed by atoms with Gasteiger partial charge in [0, 0.05) is 13.2 Å². The van der Waals surface area contributed by atoms with Gasteiger partial charge in [-0.05, 0) is 38.3 Å². The van der Waals surface area contributed by atoms with E-state index < -0.39 is 0 Å². The van der Waals surface area contributed by atoms with Crippen molar-refractivity contribution in [2.24, 2.45) is 5.92 Å². The van der Waals surface area contributed by atoms with E-state index in [1.807, 2.05) is 0 Å².